The first-order chi connectivity index (χ1) is 13.0. The Bertz CT molecular complexity index is 698. The zero-order valence-electron chi connectivity index (χ0n) is 15.3. The van der Waals surface area contributed by atoms with Gasteiger partial charge in [0, 0.05) is 32.7 Å². The number of hydrogen-bond acceptors (Lipinski definition) is 5. The minimum Gasteiger partial charge on any atom is -0.442 e. The van der Waals surface area contributed by atoms with Gasteiger partial charge >= 0.3 is 6.09 Å². The third-order valence-corrected chi connectivity index (χ3v) is 4.95. The number of carbonyl (C=O) groups is 1. The Morgan fingerprint density at radius 1 is 1.33 bits per heavy atom. The van der Waals surface area contributed by atoms with Crippen molar-refractivity contribution in [1.29, 1.82) is 0 Å². The van der Waals surface area contributed by atoms with E-state index in [2.05, 4.69) is 5.32 Å². The lowest BCUT2D eigenvalue weighted by molar-refractivity contribution is 0.143. The van der Waals surface area contributed by atoms with Crippen LogP contribution in [0.2, 0.25) is 0 Å². The Kier molecular flexibility index (Phi) is 6.43. The number of piperazine rings is 1. The number of hydrogen-bond donors (Lipinski definition) is 1. The van der Waals surface area contributed by atoms with Crippen LogP contribution in [0.25, 0.3) is 0 Å². The summed E-state index contributed by atoms with van der Waals surface area (Å²) in [5.74, 6) is -0.379. The van der Waals surface area contributed by atoms with Gasteiger partial charge in [-0.3, -0.25) is 9.80 Å². The van der Waals surface area contributed by atoms with Crippen molar-refractivity contribution in [3.8, 4) is 0 Å². The highest BCUT2D eigenvalue weighted by Gasteiger charge is 2.32. The molecule has 2 saturated heterocycles. The van der Waals surface area contributed by atoms with Crippen LogP contribution in [0.15, 0.2) is 18.2 Å². The van der Waals surface area contributed by atoms with Crippen molar-refractivity contribution >= 4 is 34.7 Å². The van der Waals surface area contributed by atoms with Crippen LogP contribution in [0, 0.1) is 5.82 Å². The van der Waals surface area contributed by atoms with Gasteiger partial charge in [0.1, 0.15) is 18.6 Å². The van der Waals surface area contributed by atoms with Gasteiger partial charge in [0.2, 0.25) is 0 Å². The average molecular weight is 398 g/mol. The fourth-order valence-corrected chi connectivity index (χ4v) is 3.43. The maximum Gasteiger partial charge on any atom is 0.414 e. The molecule has 148 valence electrons. The quantitative estimate of drug-likeness (QED) is 0.742. The lowest BCUT2D eigenvalue weighted by atomic mass is 10.2. The molecule has 27 heavy (non-hydrogen) atoms. The van der Waals surface area contributed by atoms with Crippen LogP contribution in [0.4, 0.5) is 25.0 Å². The molecule has 2 aliphatic heterocycles. The predicted molar refractivity (Wildman–Crippen MR) is 105 cm³/mol. The van der Waals surface area contributed by atoms with Gasteiger partial charge < -0.3 is 15.0 Å². The number of nitrogens with zero attached hydrogens (tertiary/aromatic N) is 3. The van der Waals surface area contributed by atoms with Gasteiger partial charge in [-0.1, -0.05) is 12.2 Å². The number of carbonyl (C=O) groups excluding carboxylic acids is 1. The summed E-state index contributed by atoms with van der Waals surface area (Å²) >= 11 is 4.96. The maximum atomic E-state index is 14.7. The van der Waals surface area contributed by atoms with E-state index >= 15 is 0 Å². The molecule has 2 aliphatic rings. The number of rotatable bonds is 6. The lowest BCUT2D eigenvalue weighted by Gasteiger charge is -2.35. The molecular formula is C18H24F2N4O2S. The largest absolute Gasteiger partial charge is 0.442 e. The Balaban J connectivity index is 1.63. The van der Waals surface area contributed by atoms with Crippen LogP contribution >= 0.6 is 12.2 Å². The summed E-state index contributed by atoms with van der Waals surface area (Å²) in [5.41, 5.74) is 0.972. The van der Waals surface area contributed by atoms with Crippen molar-refractivity contribution < 1.29 is 18.3 Å². The van der Waals surface area contributed by atoms with E-state index in [1.807, 2.05) is 9.80 Å². The van der Waals surface area contributed by atoms with E-state index in [0.717, 1.165) is 0 Å². The molecular weight excluding hydrogens is 374 g/mol. The molecule has 0 radical (unpaired) electrons. The summed E-state index contributed by atoms with van der Waals surface area (Å²) in [6, 6.07) is 4.79. The number of benzene rings is 1. The minimum absolute atomic E-state index is 0.332. The third kappa shape index (κ3) is 4.84. The van der Waals surface area contributed by atoms with Gasteiger partial charge in [0.25, 0.3) is 0 Å². The fraction of sp³-hybridized carbons (Fsp3) is 0.556. The van der Waals surface area contributed by atoms with Crippen molar-refractivity contribution in [2.24, 2.45) is 0 Å². The third-order valence-electron chi connectivity index (χ3n) is 4.81. The van der Waals surface area contributed by atoms with Gasteiger partial charge in [0.05, 0.1) is 29.5 Å². The number of halogens is 2. The summed E-state index contributed by atoms with van der Waals surface area (Å²) in [6.45, 7) is 5.29. The zero-order valence-corrected chi connectivity index (χ0v) is 16.1. The second kappa shape index (κ2) is 8.79. The molecule has 0 spiro atoms. The van der Waals surface area contributed by atoms with E-state index in [1.54, 1.807) is 19.1 Å². The summed E-state index contributed by atoms with van der Waals surface area (Å²) in [4.78, 5) is 18.1. The van der Waals surface area contributed by atoms with Crippen molar-refractivity contribution in [2.45, 2.75) is 13.0 Å². The van der Waals surface area contributed by atoms with Crippen molar-refractivity contribution in [2.75, 3.05) is 62.3 Å². The van der Waals surface area contributed by atoms with Gasteiger partial charge in [-0.15, -0.1) is 0 Å². The molecule has 1 amide bonds. The summed E-state index contributed by atoms with van der Waals surface area (Å²) in [7, 11) is 0. The second-order valence-electron chi connectivity index (χ2n) is 6.71. The summed E-state index contributed by atoms with van der Waals surface area (Å²) < 4.78 is 32.4. The molecule has 2 heterocycles. The van der Waals surface area contributed by atoms with E-state index in [1.165, 1.54) is 11.0 Å². The van der Waals surface area contributed by atoms with E-state index in [9.17, 15) is 13.6 Å². The topological polar surface area (TPSA) is 48.0 Å². The van der Waals surface area contributed by atoms with Crippen LogP contribution in [0.3, 0.4) is 0 Å². The maximum absolute atomic E-state index is 14.7. The highest BCUT2D eigenvalue weighted by atomic mass is 32.1. The van der Waals surface area contributed by atoms with Gasteiger partial charge in [0.15, 0.2) is 0 Å². The molecule has 6 nitrogen and oxygen atoms in total. The monoisotopic (exact) mass is 398 g/mol. The second-order valence-corrected chi connectivity index (χ2v) is 7.32. The van der Waals surface area contributed by atoms with Crippen molar-refractivity contribution in [3.63, 3.8) is 0 Å². The van der Waals surface area contributed by atoms with Gasteiger partial charge in [-0.05, 0) is 25.1 Å². The number of nitrogens with one attached hydrogen (secondary N) is 1. The molecule has 1 atom stereocenters. The first-order valence-corrected chi connectivity index (χ1v) is 9.44. The van der Waals surface area contributed by atoms with E-state index in [4.69, 9.17) is 17.0 Å². The predicted octanol–water partition coefficient (Wildman–Crippen LogP) is 2.18. The molecule has 1 aromatic rings. The number of thiocarbonyl (C=S) groups is 1. The van der Waals surface area contributed by atoms with E-state index in [0.29, 0.717) is 62.2 Å². The number of anilines is 2. The molecule has 0 bridgehead atoms. The first kappa shape index (κ1) is 19.8. The van der Waals surface area contributed by atoms with Gasteiger partial charge in [-0.2, -0.15) is 0 Å². The standard InChI is InChI=1S/C18H24F2N4O2S/c1-13(27)21-11-15-12-24(18(25)26-15)14-2-3-17(16(20)10-14)23-8-6-22(5-4-19)7-9-23/h2-3,10,15H,4-9,11-12H2,1H3,(H,21,27)/t15-/m0/s1. The molecule has 1 N–H and O–H groups in total. The molecule has 9 heteroatoms. The SMILES string of the molecule is CC(=S)NC[C@H]1CN(c2ccc(N3CCN(CCF)CC3)c(F)c2)C(=O)O1. The summed E-state index contributed by atoms with van der Waals surface area (Å²) in [6.07, 6.45) is -0.822. The van der Waals surface area contributed by atoms with Crippen LogP contribution in [-0.2, 0) is 4.74 Å². The lowest BCUT2D eigenvalue weighted by Crippen LogP contribution is -2.47. The van der Waals surface area contributed by atoms with Crippen molar-refractivity contribution in [1.82, 2.24) is 10.2 Å². The van der Waals surface area contributed by atoms with Crippen LogP contribution < -0.4 is 15.1 Å². The Labute approximate surface area is 163 Å². The molecule has 0 aromatic heterocycles. The highest BCUT2D eigenvalue weighted by molar-refractivity contribution is 7.80. The Morgan fingerprint density at radius 3 is 2.70 bits per heavy atom. The number of alkyl halides is 1. The number of amides is 1. The van der Waals surface area contributed by atoms with Crippen LogP contribution in [0.5, 0.6) is 0 Å². The molecule has 0 unspecified atom stereocenters. The van der Waals surface area contributed by atoms with Gasteiger partial charge in [-0.25, -0.2) is 13.6 Å². The highest BCUT2D eigenvalue weighted by Crippen LogP contribution is 2.28. The zero-order chi connectivity index (χ0) is 19.4. The van der Waals surface area contributed by atoms with Crippen LogP contribution in [0.1, 0.15) is 6.92 Å². The number of ether oxygens (including phenoxy) is 1. The Morgan fingerprint density at radius 2 is 2.07 bits per heavy atom. The normalized spacial score (nSPS) is 20.7. The smallest absolute Gasteiger partial charge is 0.414 e. The molecule has 3 rings (SSSR count). The molecule has 0 aliphatic carbocycles. The van der Waals surface area contributed by atoms with Crippen LogP contribution in [-0.4, -0.2) is 74.6 Å². The van der Waals surface area contributed by atoms with Crippen molar-refractivity contribution in [3.05, 3.63) is 24.0 Å². The molecule has 2 fully saturated rings. The minimum atomic E-state index is -0.490. The van der Waals surface area contributed by atoms with E-state index < -0.39 is 6.09 Å². The molecule has 0 saturated carbocycles. The summed E-state index contributed by atoms with van der Waals surface area (Å²) in [5, 5.41) is 2.98. The first-order valence-electron chi connectivity index (χ1n) is 9.03. The number of cyclic esters (lactones) is 1. The average Bonchev–Trinajstić information content (AvgIpc) is 3.02. The fourth-order valence-electron chi connectivity index (χ4n) is 3.35. The van der Waals surface area contributed by atoms with E-state index in [-0.39, 0.29) is 18.6 Å². The molecule has 1 aromatic carbocycles. The Hall–Kier alpha value is -2.00.